The van der Waals surface area contributed by atoms with Gasteiger partial charge in [0.15, 0.2) is 0 Å². The fourth-order valence-electron chi connectivity index (χ4n) is 3.31. The molecule has 1 aliphatic heterocycles. The minimum atomic E-state index is -0.573. The number of aromatic nitrogens is 2. The van der Waals surface area contributed by atoms with Gasteiger partial charge in [0.05, 0.1) is 0 Å². The van der Waals surface area contributed by atoms with Crippen LogP contribution in [0.4, 0.5) is 11.6 Å². The summed E-state index contributed by atoms with van der Waals surface area (Å²) in [6.07, 6.45) is 0.712. The first-order chi connectivity index (χ1) is 12.9. The summed E-state index contributed by atoms with van der Waals surface area (Å²) in [5.74, 6) is 0.0727. The molecule has 142 valence electrons. The van der Waals surface area contributed by atoms with Crippen LogP contribution in [0.15, 0.2) is 36.4 Å². The molecule has 0 saturated carbocycles. The second kappa shape index (κ2) is 7.73. The molecule has 0 bridgehead atoms. The summed E-state index contributed by atoms with van der Waals surface area (Å²) in [6, 6.07) is 10.6. The van der Waals surface area contributed by atoms with E-state index in [1.165, 1.54) is 0 Å². The van der Waals surface area contributed by atoms with Crippen LogP contribution in [0.3, 0.4) is 0 Å². The molecule has 2 aromatic rings. The Morgan fingerprint density at radius 1 is 1.22 bits per heavy atom. The lowest BCUT2D eigenvalue weighted by atomic mass is 10.1. The van der Waals surface area contributed by atoms with Crippen molar-refractivity contribution in [1.29, 1.82) is 0 Å². The van der Waals surface area contributed by atoms with Crippen LogP contribution in [-0.4, -0.2) is 45.8 Å². The van der Waals surface area contributed by atoms with Crippen LogP contribution < -0.4 is 10.6 Å². The minimum Gasteiger partial charge on any atom is -0.368 e. The monoisotopic (exact) mass is 367 g/mol. The van der Waals surface area contributed by atoms with Crippen molar-refractivity contribution in [1.82, 2.24) is 14.9 Å². The number of carbonyl (C=O) groups is 2. The number of carbonyl (C=O) groups excluding carboxylic acids is 2. The molecular weight excluding hydrogens is 342 g/mol. The number of para-hydroxylation sites is 1. The summed E-state index contributed by atoms with van der Waals surface area (Å²) in [6.45, 7) is 6.77. The van der Waals surface area contributed by atoms with Crippen molar-refractivity contribution in [2.75, 3.05) is 23.7 Å². The highest BCUT2D eigenvalue weighted by Gasteiger charge is 2.36. The molecule has 1 aromatic heterocycles. The summed E-state index contributed by atoms with van der Waals surface area (Å²) in [7, 11) is 0. The number of hydrogen-bond donors (Lipinski definition) is 1. The lowest BCUT2D eigenvalue weighted by Crippen LogP contribution is -2.57. The number of nitrogens with two attached hydrogens (primary N) is 1. The Morgan fingerprint density at radius 2 is 1.93 bits per heavy atom. The number of nitrogen functional groups attached to an aromatic ring is 1. The lowest BCUT2D eigenvalue weighted by molar-refractivity contribution is -0.124. The molecule has 0 spiro atoms. The molecule has 1 aliphatic rings. The van der Waals surface area contributed by atoms with Crippen molar-refractivity contribution >= 4 is 23.5 Å². The van der Waals surface area contributed by atoms with E-state index in [-0.39, 0.29) is 23.5 Å². The number of rotatable bonds is 4. The first-order valence-electron chi connectivity index (χ1n) is 9.17. The van der Waals surface area contributed by atoms with Crippen LogP contribution in [0.5, 0.6) is 0 Å². The van der Waals surface area contributed by atoms with Crippen molar-refractivity contribution in [3.05, 3.63) is 47.8 Å². The number of nitrogens with zero attached hydrogens (tertiary/aromatic N) is 4. The molecular formula is C20H25N5O2. The summed E-state index contributed by atoms with van der Waals surface area (Å²) in [4.78, 5) is 37.4. The predicted octanol–water partition coefficient (Wildman–Crippen LogP) is 2.13. The topological polar surface area (TPSA) is 92.4 Å². The second-order valence-corrected chi connectivity index (χ2v) is 7.20. The van der Waals surface area contributed by atoms with Crippen molar-refractivity contribution in [2.45, 2.75) is 33.2 Å². The molecule has 1 saturated heterocycles. The van der Waals surface area contributed by atoms with Crippen molar-refractivity contribution in [3.63, 3.8) is 0 Å². The van der Waals surface area contributed by atoms with Gasteiger partial charge in [0.25, 0.3) is 5.91 Å². The largest absolute Gasteiger partial charge is 0.368 e. The van der Waals surface area contributed by atoms with Gasteiger partial charge in [-0.15, -0.1) is 0 Å². The number of hydrogen-bond acceptors (Lipinski definition) is 5. The van der Waals surface area contributed by atoms with Gasteiger partial charge in [0.2, 0.25) is 11.9 Å². The zero-order valence-corrected chi connectivity index (χ0v) is 15.9. The number of amides is 2. The third kappa shape index (κ3) is 4.07. The van der Waals surface area contributed by atoms with Gasteiger partial charge < -0.3 is 15.5 Å². The molecule has 1 atom stereocenters. The quantitative estimate of drug-likeness (QED) is 0.894. The first-order valence-corrected chi connectivity index (χ1v) is 9.17. The third-order valence-corrected chi connectivity index (χ3v) is 4.62. The van der Waals surface area contributed by atoms with E-state index in [9.17, 15) is 9.59 Å². The zero-order chi connectivity index (χ0) is 19.6. The Labute approximate surface area is 159 Å². The standard InChI is InChI=1S/C20H25N5O2/c1-13(2)11-15-12-17(23-20(21)22-15)19(27)24-9-10-25(18(26)14(24)3)16-7-5-4-6-8-16/h4-8,12-14H,9-11H2,1-3H3,(H2,21,22,23)/t14-/m1/s1. The smallest absolute Gasteiger partial charge is 0.273 e. The highest BCUT2D eigenvalue weighted by Crippen LogP contribution is 2.21. The Kier molecular flexibility index (Phi) is 5.39. The van der Waals surface area contributed by atoms with Crippen molar-refractivity contribution < 1.29 is 9.59 Å². The predicted molar refractivity (Wildman–Crippen MR) is 104 cm³/mol. The average Bonchev–Trinajstić information content (AvgIpc) is 2.63. The van der Waals surface area contributed by atoms with Crippen molar-refractivity contribution in [3.8, 4) is 0 Å². The van der Waals surface area contributed by atoms with Gasteiger partial charge in [-0.2, -0.15) is 0 Å². The molecule has 7 nitrogen and oxygen atoms in total. The van der Waals surface area contributed by atoms with Gasteiger partial charge >= 0.3 is 0 Å². The Balaban J connectivity index is 1.80. The third-order valence-electron chi connectivity index (χ3n) is 4.62. The zero-order valence-electron chi connectivity index (χ0n) is 15.9. The molecule has 0 aliphatic carbocycles. The Bertz CT molecular complexity index is 838. The maximum absolute atomic E-state index is 13.0. The highest BCUT2D eigenvalue weighted by molar-refractivity contribution is 6.02. The molecule has 1 aromatic carbocycles. The SMILES string of the molecule is CC(C)Cc1cc(C(=O)N2CCN(c3ccccc3)C(=O)[C@H]2C)nc(N)n1. The highest BCUT2D eigenvalue weighted by atomic mass is 16.2. The average molecular weight is 367 g/mol. The fraction of sp³-hybridized carbons (Fsp3) is 0.400. The van der Waals surface area contributed by atoms with Gasteiger partial charge in [-0.05, 0) is 37.5 Å². The molecule has 27 heavy (non-hydrogen) atoms. The normalized spacial score (nSPS) is 17.5. The summed E-state index contributed by atoms with van der Waals surface area (Å²) in [5, 5.41) is 0. The van der Waals surface area contributed by atoms with E-state index in [1.54, 1.807) is 22.8 Å². The molecule has 2 heterocycles. The molecule has 0 unspecified atom stereocenters. The van der Waals surface area contributed by atoms with Crippen LogP contribution in [-0.2, 0) is 11.2 Å². The first kappa shape index (κ1) is 18.8. The van der Waals surface area contributed by atoms with Gasteiger partial charge in [0.1, 0.15) is 11.7 Å². The Hall–Kier alpha value is -2.96. The van der Waals surface area contributed by atoms with E-state index in [1.807, 2.05) is 30.3 Å². The van der Waals surface area contributed by atoms with E-state index < -0.39 is 6.04 Å². The van der Waals surface area contributed by atoms with Crippen LogP contribution >= 0.6 is 0 Å². The summed E-state index contributed by atoms with van der Waals surface area (Å²) in [5.41, 5.74) is 7.61. The van der Waals surface area contributed by atoms with Crippen LogP contribution in [0.1, 0.15) is 37.0 Å². The molecule has 2 N–H and O–H groups in total. The number of piperazine rings is 1. The van der Waals surface area contributed by atoms with E-state index in [0.29, 0.717) is 25.4 Å². The molecule has 1 fully saturated rings. The van der Waals surface area contributed by atoms with Crippen LogP contribution in [0, 0.1) is 5.92 Å². The van der Waals surface area contributed by atoms with Gasteiger partial charge in [-0.1, -0.05) is 32.0 Å². The van der Waals surface area contributed by atoms with E-state index in [0.717, 1.165) is 11.4 Å². The van der Waals surface area contributed by atoms with E-state index in [2.05, 4.69) is 23.8 Å². The summed E-state index contributed by atoms with van der Waals surface area (Å²) < 4.78 is 0. The molecule has 3 rings (SSSR count). The maximum Gasteiger partial charge on any atom is 0.273 e. The molecule has 0 radical (unpaired) electrons. The number of benzene rings is 1. The van der Waals surface area contributed by atoms with Crippen LogP contribution in [0.25, 0.3) is 0 Å². The summed E-state index contributed by atoms with van der Waals surface area (Å²) >= 11 is 0. The fourth-order valence-corrected chi connectivity index (χ4v) is 3.31. The molecule has 2 amide bonds. The molecule has 7 heteroatoms. The minimum absolute atomic E-state index is 0.0819. The second-order valence-electron chi connectivity index (χ2n) is 7.20. The lowest BCUT2D eigenvalue weighted by Gasteiger charge is -2.39. The maximum atomic E-state index is 13.0. The van der Waals surface area contributed by atoms with Crippen molar-refractivity contribution in [2.24, 2.45) is 5.92 Å². The van der Waals surface area contributed by atoms with E-state index >= 15 is 0 Å². The van der Waals surface area contributed by atoms with Gasteiger partial charge in [-0.3, -0.25) is 9.59 Å². The Morgan fingerprint density at radius 3 is 2.59 bits per heavy atom. The van der Waals surface area contributed by atoms with Gasteiger partial charge in [-0.25, -0.2) is 9.97 Å². The van der Waals surface area contributed by atoms with E-state index in [4.69, 9.17) is 5.73 Å². The van der Waals surface area contributed by atoms with Crippen LogP contribution in [0.2, 0.25) is 0 Å². The van der Waals surface area contributed by atoms with Gasteiger partial charge in [0, 0.05) is 24.5 Å². The number of anilines is 2.